The first kappa shape index (κ1) is 20.3. The Bertz CT molecular complexity index is 939. The minimum atomic E-state index is -0.304. The predicted molar refractivity (Wildman–Crippen MR) is 106 cm³/mol. The highest BCUT2D eigenvalue weighted by Crippen LogP contribution is 2.14. The molecule has 0 aliphatic carbocycles. The van der Waals surface area contributed by atoms with Crippen molar-refractivity contribution in [3.8, 4) is 6.08 Å². The summed E-state index contributed by atoms with van der Waals surface area (Å²) in [6, 6.07) is 14.0. The van der Waals surface area contributed by atoms with Gasteiger partial charge < -0.3 is 14.5 Å². The highest BCUT2D eigenvalue weighted by atomic mass is 19.1. The quantitative estimate of drug-likeness (QED) is 0.581. The minimum absolute atomic E-state index is 0.0702. The molecule has 8 heteroatoms. The van der Waals surface area contributed by atoms with Crippen LogP contribution >= 0.6 is 0 Å². The highest BCUT2D eigenvalue weighted by Gasteiger charge is 2.14. The fraction of sp³-hybridized carbons (Fsp3) is 0.286. The van der Waals surface area contributed by atoms with Crippen molar-refractivity contribution in [2.45, 2.75) is 13.0 Å². The Morgan fingerprint density at radius 1 is 1.03 bits per heavy atom. The Balaban J connectivity index is 1.48. The molecule has 0 spiro atoms. The van der Waals surface area contributed by atoms with E-state index in [1.165, 1.54) is 12.1 Å². The summed E-state index contributed by atoms with van der Waals surface area (Å²) in [7, 11) is 5.66. The molecule has 0 bridgehead atoms. The van der Waals surface area contributed by atoms with Gasteiger partial charge in [0.15, 0.2) is 12.4 Å². The number of nitrogens with zero attached hydrogens (tertiary/aromatic N) is 4. The molecule has 0 aliphatic rings. The second-order valence-electron chi connectivity index (χ2n) is 6.88. The molecule has 0 saturated heterocycles. The summed E-state index contributed by atoms with van der Waals surface area (Å²) in [6.07, 6.45) is 0.309. The molecular weight excluding hydrogens is 375 g/mol. The van der Waals surface area contributed by atoms with Gasteiger partial charge in [0.2, 0.25) is 0 Å². The lowest BCUT2D eigenvalue weighted by atomic mass is 10.1. The molecule has 1 amide bonds. The second-order valence-corrected chi connectivity index (χ2v) is 6.88. The highest BCUT2D eigenvalue weighted by molar-refractivity contribution is 5.77. The normalized spacial score (nSPS) is 10.6. The molecule has 1 heterocycles. The first-order valence-corrected chi connectivity index (χ1v) is 9.11. The fourth-order valence-electron chi connectivity index (χ4n) is 2.65. The summed E-state index contributed by atoms with van der Waals surface area (Å²) in [5.41, 5.74) is 2.96. The standard InChI is InChI=1S/C21H23FN4O3/c1-25(2)18-10-6-16(7-11-18)13-26(3)20(27)14-28-21-23-19(24-29-21)12-15-4-8-17(22)9-5-15/h4-11H,12-14H2,1-3H3. The average Bonchev–Trinajstić information content (AvgIpc) is 3.15. The predicted octanol–water partition coefficient (Wildman–Crippen LogP) is 2.90. The van der Waals surface area contributed by atoms with Crippen LogP contribution < -0.4 is 9.64 Å². The van der Waals surface area contributed by atoms with Gasteiger partial charge in [0.25, 0.3) is 5.91 Å². The van der Waals surface area contributed by atoms with Gasteiger partial charge in [-0.3, -0.25) is 9.32 Å². The maximum absolute atomic E-state index is 13.0. The van der Waals surface area contributed by atoms with Crippen LogP contribution in [0.3, 0.4) is 0 Å². The molecule has 3 aromatic rings. The molecule has 0 N–H and O–H groups in total. The molecule has 1 aromatic heterocycles. The van der Waals surface area contributed by atoms with Crippen molar-refractivity contribution in [3.05, 3.63) is 71.3 Å². The van der Waals surface area contributed by atoms with Crippen LogP contribution in [0.4, 0.5) is 10.1 Å². The van der Waals surface area contributed by atoms with E-state index in [-0.39, 0.29) is 24.4 Å². The molecule has 0 unspecified atom stereocenters. The average molecular weight is 398 g/mol. The summed E-state index contributed by atoms with van der Waals surface area (Å²) in [6.45, 7) is 0.264. The van der Waals surface area contributed by atoms with Gasteiger partial charge in [-0.05, 0) is 35.4 Å². The van der Waals surface area contributed by atoms with Crippen LogP contribution in [-0.2, 0) is 17.8 Å². The van der Waals surface area contributed by atoms with E-state index in [1.54, 1.807) is 24.1 Å². The van der Waals surface area contributed by atoms with Gasteiger partial charge in [0.1, 0.15) is 5.82 Å². The van der Waals surface area contributed by atoms with E-state index in [1.807, 2.05) is 43.3 Å². The van der Waals surface area contributed by atoms with Crippen LogP contribution in [0.15, 0.2) is 53.1 Å². The Hall–Kier alpha value is -3.42. The number of likely N-dealkylation sites (N-methyl/N-ethyl adjacent to an activating group) is 1. The van der Waals surface area contributed by atoms with Crippen molar-refractivity contribution in [2.24, 2.45) is 0 Å². The zero-order valence-corrected chi connectivity index (χ0v) is 16.6. The third-order valence-corrected chi connectivity index (χ3v) is 4.34. The lowest BCUT2D eigenvalue weighted by Gasteiger charge is -2.18. The van der Waals surface area contributed by atoms with E-state index >= 15 is 0 Å². The van der Waals surface area contributed by atoms with Crippen LogP contribution in [0, 0.1) is 5.82 Å². The maximum atomic E-state index is 13.0. The first-order valence-electron chi connectivity index (χ1n) is 9.11. The van der Waals surface area contributed by atoms with Crippen molar-refractivity contribution in [1.82, 2.24) is 15.0 Å². The van der Waals surface area contributed by atoms with E-state index in [0.717, 1.165) is 16.8 Å². The minimum Gasteiger partial charge on any atom is -0.439 e. The summed E-state index contributed by atoms with van der Waals surface area (Å²) < 4.78 is 23.3. The third kappa shape index (κ3) is 5.78. The molecular formula is C21H23FN4O3. The smallest absolute Gasteiger partial charge is 0.417 e. The number of halogens is 1. The number of rotatable bonds is 8. The molecule has 0 radical (unpaired) electrons. The summed E-state index contributed by atoms with van der Waals surface area (Å²) >= 11 is 0. The first-order chi connectivity index (χ1) is 13.9. The van der Waals surface area contributed by atoms with Crippen LogP contribution in [0.25, 0.3) is 0 Å². The Morgan fingerprint density at radius 2 is 1.69 bits per heavy atom. The monoisotopic (exact) mass is 398 g/mol. The third-order valence-electron chi connectivity index (χ3n) is 4.34. The number of hydrogen-bond donors (Lipinski definition) is 0. The largest absolute Gasteiger partial charge is 0.439 e. The van der Waals surface area contributed by atoms with Crippen molar-refractivity contribution < 1.29 is 18.4 Å². The number of anilines is 1. The zero-order valence-electron chi connectivity index (χ0n) is 16.6. The van der Waals surface area contributed by atoms with Gasteiger partial charge in [0.05, 0.1) is 0 Å². The Labute approximate surface area is 168 Å². The lowest BCUT2D eigenvalue weighted by molar-refractivity contribution is -0.133. The van der Waals surface area contributed by atoms with Crippen LogP contribution in [0.5, 0.6) is 6.08 Å². The van der Waals surface area contributed by atoms with Gasteiger partial charge in [0, 0.05) is 39.8 Å². The van der Waals surface area contributed by atoms with Crippen molar-refractivity contribution >= 4 is 11.6 Å². The number of ether oxygens (including phenoxy) is 1. The number of hydrogen-bond acceptors (Lipinski definition) is 6. The SMILES string of the molecule is CN(Cc1ccc(N(C)C)cc1)C(=O)COc1nc(Cc2ccc(F)cc2)no1. The molecule has 3 rings (SSSR count). The van der Waals surface area contributed by atoms with Crippen molar-refractivity contribution in [1.29, 1.82) is 0 Å². The summed E-state index contributed by atoms with van der Waals surface area (Å²) in [5.74, 6) is -0.115. The van der Waals surface area contributed by atoms with Crippen LogP contribution in [-0.4, -0.2) is 48.7 Å². The molecule has 2 aromatic carbocycles. The molecule has 29 heavy (non-hydrogen) atoms. The Morgan fingerprint density at radius 3 is 2.34 bits per heavy atom. The molecule has 0 aliphatic heterocycles. The molecule has 0 fully saturated rings. The van der Waals surface area contributed by atoms with Gasteiger partial charge in [-0.1, -0.05) is 29.4 Å². The second kappa shape index (κ2) is 9.18. The lowest BCUT2D eigenvalue weighted by Crippen LogP contribution is -2.31. The molecule has 0 atom stereocenters. The summed E-state index contributed by atoms with van der Waals surface area (Å²) in [5, 5.41) is 3.81. The van der Waals surface area contributed by atoms with E-state index < -0.39 is 0 Å². The van der Waals surface area contributed by atoms with Crippen molar-refractivity contribution in [3.63, 3.8) is 0 Å². The topological polar surface area (TPSA) is 71.7 Å². The number of carbonyl (C=O) groups is 1. The van der Waals surface area contributed by atoms with Crippen LogP contribution in [0.1, 0.15) is 17.0 Å². The van der Waals surface area contributed by atoms with Crippen molar-refractivity contribution in [2.75, 3.05) is 32.6 Å². The summed E-state index contributed by atoms with van der Waals surface area (Å²) in [4.78, 5) is 20.0. The Kier molecular flexibility index (Phi) is 6.43. The fourth-order valence-corrected chi connectivity index (χ4v) is 2.65. The number of benzene rings is 2. The number of carbonyl (C=O) groups excluding carboxylic acids is 1. The van der Waals surface area contributed by atoms with Gasteiger partial charge in [-0.2, -0.15) is 4.98 Å². The van der Waals surface area contributed by atoms with Crippen LogP contribution in [0.2, 0.25) is 0 Å². The number of amides is 1. The van der Waals surface area contributed by atoms with E-state index in [2.05, 4.69) is 10.1 Å². The molecule has 152 valence electrons. The van der Waals surface area contributed by atoms with E-state index in [0.29, 0.717) is 18.8 Å². The number of aromatic nitrogens is 2. The van der Waals surface area contributed by atoms with E-state index in [4.69, 9.17) is 9.26 Å². The van der Waals surface area contributed by atoms with E-state index in [9.17, 15) is 9.18 Å². The van der Waals surface area contributed by atoms with Gasteiger partial charge in [-0.15, -0.1) is 0 Å². The van der Waals surface area contributed by atoms with Gasteiger partial charge >= 0.3 is 6.08 Å². The maximum Gasteiger partial charge on any atom is 0.417 e. The van der Waals surface area contributed by atoms with Gasteiger partial charge in [-0.25, -0.2) is 4.39 Å². The zero-order chi connectivity index (χ0) is 20.8. The molecule has 0 saturated carbocycles. The molecule has 7 nitrogen and oxygen atoms in total.